The summed E-state index contributed by atoms with van der Waals surface area (Å²) in [5, 5.41) is 0. The molecule has 3 rings (SSSR count). The van der Waals surface area contributed by atoms with Gasteiger partial charge >= 0.3 is 0 Å². The summed E-state index contributed by atoms with van der Waals surface area (Å²) in [4.78, 5) is 29.1. The van der Waals surface area contributed by atoms with Gasteiger partial charge in [0.2, 0.25) is 5.91 Å². The van der Waals surface area contributed by atoms with E-state index in [1.54, 1.807) is 18.2 Å². The molecule has 0 spiro atoms. The molecular weight excluding hydrogens is 332 g/mol. The van der Waals surface area contributed by atoms with Crippen LogP contribution >= 0.6 is 0 Å². The average molecular weight is 360 g/mol. The van der Waals surface area contributed by atoms with Crippen LogP contribution < -0.4 is 9.47 Å². The molecular formula is C20H28N2O4. The number of hydrogen-bond donors (Lipinski definition) is 0. The van der Waals surface area contributed by atoms with Crippen molar-refractivity contribution in [2.45, 2.75) is 26.7 Å². The van der Waals surface area contributed by atoms with E-state index in [2.05, 4.69) is 18.7 Å². The van der Waals surface area contributed by atoms with Crippen molar-refractivity contribution in [2.75, 3.05) is 45.9 Å². The third kappa shape index (κ3) is 4.18. The van der Waals surface area contributed by atoms with Crippen molar-refractivity contribution in [3.8, 4) is 11.5 Å². The molecule has 0 saturated carbocycles. The minimum Gasteiger partial charge on any atom is -0.486 e. The highest BCUT2D eigenvalue weighted by Gasteiger charge is 2.26. The van der Waals surface area contributed by atoms with Crippen molar-refractivity contribution in [3.63, 3.8) is 0 Å². The Bertz CT molecular complexity index is 649. The first-order chi connectivity index (χ1) is 12.6. The second-order valence-electron chi connectivity index (χ2n) is 6.90. The highest BCUT2D eigenvalue weighted by molar-refractivity contribution is 5.98. The van der Waals surface area contributed by atoms with Gasteiger partial charge in [-0.1, -0.05) is 13.8 Å². The first-order valence-corrected chi connectivity index (χ1v) is 9.56. The number of fused-ring (bicyclic) bond motifs is 1. The number of ether oxygens (including phenoxy) is 2. The molecule has 142 valence electrons. The SMILES string of the molecule is CCC(CC)C(=O)N1CCN(CC(=O)c2ccc3c(c2)OCCO3)CC1. The Labute approximate surface area is 155 Å². The van der Waals surface area contributed by atoms with Gasteiger partial charge in [-0.2, -0.15) is 0 Å². The molecule has 6 nitrogen and oxygen atoms in total. The van der Waals surface area contributed by atoms with Gasteiger partial charge in [-0.25, -0.2) is 0 Å². The number of carbonyl (C=O) groups is 2. The first kappa shape index (κ1) is 18.7. The Morgan fingerprint density at radius 3 is 2.31 bits per heavy atom. The summed E-state index contributed by atoms with van der Waals surface area (Å²) in [5.74, 6) is 1.79. The van der Waals surface area contributed by atoms with Crippen LogP contribution in [0.3, 0.4) is 0 Å². The Morgan fingerprint density at radius 1 is 1.00 bits per heavy atom. The lowest BCUT2D eigenvalue weighted by Gasteiger charge is -2.36. The molecule has 2 heterocycles. The number of hydrogen-bond acceptors (Lipinski definition) is 5. The van der Waals surface area contributed by atoms with E-state index >= 15 is 0 Å². The van der Waals surface area contributed by atoms with Crippen molar-refractivity contribution < 1.29 is 19.1 Å². The van der Waals surface area contributed by atoms with Gasteiger partial charge in [0.1, 0.15) is 13.2 Å². The number of amides is 1. The van der Waals surface area contributed by atoms with Gasteiger partial charge in [-0.15, -0.1) is 0 Å². The van der Waals surface area contributed by atoms with Crippen LogP contribution in [0.25, 0.3) is 0 Å². The molecule has 1 aromatic rings. The number of benzene rings is 1. The van der Waals surface area contributed by atoms with Crippen LogP contribution in [-0.2, 0) is 4.79 Å². The van der Waals surface area contributed by atoms with Crippen LogP contribution in [0, 0.1) is 5.92 Å². The fourth-order valence-electron chi connectivity index (χ4n) is 3.53. The Balaban J connectivity index is 1.53. The van der Waals surface area contributed by atoms with E-state index in [1.165, 1.54) is 0 Å². The quantitative estimate of drug-likeness (QED) is 0.728. The monoisotopic (exact) mass is 360 g/mol. The number of carbonyl (C=O) groups excluding carboxylic acids is 2. The Morgan fingerprint density at radius 2 is 1.65 bits per heavy atom. The van der Waals surface area contributed by atoms with Gasteiger partial charge in [0.25, 0.3) is 0 Å². The molecule has 6 heteroatoms. The lowest BCUT2D eigenvalue weighted by Crippen LogP contribution is -2.51. The maximum atomic E-state index is 12.6. The van der Waals surface area contributed by atoms with Gasteiger partial charge in [0.05, 0.1) is 6.54 Å². The van der Waals surface area contributed by atoms with Gasteiger partial charge in [0.15, 0.2) is 17.3 Å². The average Bonchev–Trinajstić information content (AvgIpc) is 2.69. The fraction of sp³-hybridized carbons (Fsp3) is 0.600. The minimum absolute atomic E-state index is 0.0711. The molecule has 0 radical (unpaired) electrons. The van der Waals surface area contributed by atoms with Gasteiger partial charge in [-0.05, 0) is 31.0 Å². The zero-order valence-corrected chi connectivity index (χ0v) is 15.7. The topological polar surface area (TPSA) is 59.1 Å². The minimum atomic E-state index is 0.0711. The number of rotatable bonds is 6. The Hall–Kier alpha value is -2.08. The third-order valence-corrected chi connectivity index (χ3v) is 5.25. The molecule has 0 N–H and O–H groups in total. The van der Waals surface area contributed by atoms with E-state index < -0.39 is 0 Å². The van der Waals surface area contributed by atoms with E-state index in [0.29, 0.717) is 49.9 Å². The largest absolute Gasteiger partial charge is 0.486 e. The molecule has 1 amide bonds. The maximum absolute atomic E-state index is 12.6. The van der Waals surface area contributed by atoms with E-state index in [-0.39, 0.29) is 17.6 Å². The zero-order chi connectivity index (χ0) is 18.5. The van der Waals surface area contributed by atoms with Crippen molar-refractivity contribution in [3.05, 3.63) is 23.8 Å². The van der Waals surface area contributed by atoms with Gasteiger partial charge in [-0.3, -0.25) is 14.5 Å². The van der Waals surface area contributed by atoms with Crippen LogP contribution in [0.1, 0.15) is 37.0 Å². The Kier molecular flexibility index (Phi) is 6.14. The van der Waals surface area contributed by atoms with E-state index in [4.69, 9.17) is 9.47 Å². The number of piperazine rings is 1. The fourth-order valence-corrected chi connectivity index (χ4v) is 3.53. The zero-order valence-electron chi connectivity index (χ0n) is 15.7. The normalized spacial score (nSPS) is 17.4. The van der Waals surface area contributed by atoms with Crippen LogP contribution in [0.4, 0.5) is 0 Å². The van der Waals surface area contributed by atoms with E-state index in [9.17, 15) is 9.59 Å². The molecule has 0 aromatic heterocycles. The van der Waals surface area contributed by atoms with Crippen LogP contribution in [0.5, 0.6) is 11.5 Å². The molecule has 26 heavy (non-hydrogen) atoms. The number of ketones is 1. The smallest absolute Gasteiger partial charge is 0.225 e. The summed E-state index contributed by atoms with van der Waals surface area (Å²) in [6.07, 6.45) is 1.77. The second kappa shape index (κ2) is 8.54. The lowest BCUT2D eigenvalue weighted by molar-refractivity contribution is -0.137. The summed E-state index contributed by atoms with van der Waals surface area (Å²) in [6, 6.07) is 5.36. The number of Topliss-reactive ketones (excluding diaryl/α,β-unsaturated/α-hetero) is 1. The standard InChI is InChI=1S/C20H28N2O4/c1-3-15(4-2)20(24)22-9-7-21(8-10-22)14-17(23)16-5-6-18-19(13-16)26-12-11-25-18/h5-6,13,15H,3-4,7-12,14H2,1-2H3. The lowest BCUT2D eigenvalue weighted by atomic mass is 10.0. The predicted molar refractivity (Wildman–Crippen MR) is 98.9 cm³/mol. The molecule has 1 saturated heterocycles. The highest BCUT2D eigenvalue weighted by Crippen LogP contribution is 2.30. The summed E-state index contributed by atoms with van der Waals surface area (Å²) < 4.78 is 11.0. The van der Waals surface area contributed by atoms with Gasteiger partial charge < -0.3 is 14.4 Å². The second-order valence-corrected chi connectivity index (χ2v) is 6.90. The van der Waals surface area contributed by atoms with Crippen LogP contribution in [0.2, 0.25) is 0 Å². The van der Waals surface area contributed by atoms with Crippen molar-refractivity contribution in [1.82, 2.24) is 9.80 Å². The molecule has 0 atom stereocenters. The van der Waals surface area contributed by atoms with Crippen molar-refractivity contribution in [1.29, 1.82) is 0 Å². The molecule has 0 aliphatic carbocycles. The predicted octanol–water partition coefficient (Wildman–Crippen LogP) is 2.22. The van der Waals surface area contributed by atoms with E-state index in [0.717, 1.165) is 25.9 Å². The molecule has 2 aliphatic heterocycles. The molecule has 1 aromatic carbocycles. The third-order valence-electron chi connectivity index (χ3n) is 5.25. The summed E-state index contributed by atoms with van der Waals surface area (Å²) in [7, 11) is 0. The van der Waals surface area contributed by atoms with Gasteiger partial charge in [0, 0.05) is 37.7 Å². The van der Waals surface area contributed by atoms with Crippen molar-refractivity contribution >= 4 is 11.7 Å². The van der Waals surface area contributed by atoms with Crippen molar-refractivity contribution in [2.24, 2.45) is 5.92 Å². The molecule has 1 fully saturated rings. The first-order valence-electron chi connectivity index (χ1n) is 9.56. The summed E-state index contributed by atoms with van der Waals surface area (Å²) >= 11 is 0. The molecule has 0 bridgehead atoms. The molecule has 0 unspecified atom stereocenters. The van der Waals surface area contributed by atoms with E-state index in [1.807, 2.05) is 4.90 Å². The van der Waals surface area contributed by atoms with Crippen LogP contribution in [0.15, 0.2) is 18.2 Å². The maximum Gasteiger partial charge on any atom is 0.225 e. The summed E-state index contributed by atoms with van der Waals surface area (Å²) in [5.41, 5.74) is 0.643. The summed E-state index contributed by atoms with van der Waals surface area (Å²) in [6.45, 7) is 8.42. The van der Waals surface area contributed by atoms with Crippen LogP contribution in [-0.4, -0.2) is 67.4 Å². The number of nitrogens with zero attached hydrogens (tertiary/aromatic N) is 2. The highest BCUT2D eigenvalue weighted by atomic mass is 16.6. The molecule has 2 aliphatic rings.